The Hall–Kier alpha value is -3.10. The summed E-state index contributed by atoms with van der Waals surface area (Å²) < 4.78 is 16.0. The molecular formula is C20H17ClN2O5S. The van der Waals surface area contributed by atoms with Crippen LogP contribution in [0.2, 0.25) is 5.02 Å². The first-order valence-electron chi connectivity index (χ1n) is 8.37. The summed E-state index contributed by atoms with van der Waals surface area (Å²) in [6.45, 7) is 0. The molecular weight excluding hydrogens is 416 g/mol. The number of ether oxygens (including phenoxy) is 3. The summed E-state index contributed by atoms with van der Waals surface area (Å²) in [5, 5.41) is 3.03. The number of nitrogens with one attached hydrogen (secondary N) is 1. The smallest absolute Gasteiger partial charge is 0.270 e. The highest BCUT2D eigenvalue weighted by Gasteiger charge is 2.34. The number of amides is 2. The summed E-state index contributed by atoms with van der Waals surface area (Å²) in [7, 11) is 4.42. The van der Waals surface area contributed by atoms with E-state index in [1.807, 2.05) is 0 Å². The van der Waals surface area contributed by atoms with Crippen molar-refractivity contribution in [1.29, 1.82) is 0 Å². The topological polar surface area (TPSA) is 77.1 Å². The molecule has 1 heterocycles. The van der Waals surface area contributed by atoms with E-state index in [0.717, 1.165) is 0 Å². The number of nitrogens with zero attached hydrogens (tertiary/aromatic N) is 1. The summed E-state index contributed by atoms with van der Waals surface area (Å²) in [5.74, 6) is -0.0564. The van der Waals surface area contributed by atoms with E-state index in [1.54, 1.807) is 36.4 Å². The first kappa shape index (κ1) is 20.6. The van der Waals surface area contributed by atoms with Crippen LogP contribution in [-0.2, 0) is 9.59 Å². The quantitative estimate of drug-likeness (QED) is 0.444. The molecule has 7 nitrogen and oxygen atoms in total. The van der Waals surface area contributed by atoms with Crippen molar-refractivity contribution in [2.75, 3.05) is 26.2 Å². The number of rotatable bonds is 5. The van der Waals surface area contributed by atoms with Gasteiger partial charge in [-0.1, -0.05) is 11.6 Å². The fourth-order valence-corrected chi connectivity index (χ4v) is 3.28. The lowest BCUT2D eigenvalue weighted by atomic mass is 10.1. The molecule has 2 amide bonds. The molecule has 150 valence electrons. The number of hydrogen-bond donors (Lipinski definition) is 1. The Morgan fingerprint density at radius 2 is 1.62 bits per heavy atom. The van der Waals surface area contributed by atoms with Crippen LogP contribution in [0.15, 0.2) is 42.0 Å². The standard InChI is InChI=1S/C20H17ClN2O5S/c1-26-15-9-4-11(16(27-2)17(15)28-3)10-14-18(24)22-20(29)23(19(14)25)13-7-5-12(21)6-8-13/h4-10H,1-3H3,(H,22,24,29)/b14-10+. The Labute approximate surface area is 177 Å². The summed E-state index contributed by atoms with van der Waals surface area (Å²) in [5.41, 5.74) is 0.834. The minimum absolute atomic E-state index is 0.0150. The molecule has 2 aromatic rings. The van der Waals surface area contributed by atoms with Gasteiger partial charge in [0.15, 0.2) is 16.6 Å². The first-order valence-corrected chi connectivity index (χ1v) is 9.15. The molecule has 2 aromatic carbocycles. The van der Waals surface area contributed by atoms with Gasteiger partial charge in [0.25, 0.3) is 11.8 Å². The lowest BCUT2D eigenvalue weighted by Gasteiger charge is -2.29. The van der Waals surface area contributed by atoms with Crippen LogP contribution in [-0.4, -0.2) is 38.3 Å². The molecule has 0 saturated carbocycles. The van der Waals surface area contributed by atoms with Gasteiger partial charge in [-0.05, 0) is 54.7 Å². The molecule has 0 aromatic heterocycles. The fraction of sp³-hybridized carbons (Fsp3) is 0.150. The van der Waals surface area contributed by atoms with E-state index in [-0.39, 0.29) is 10.7 Å². The lowest BCUT2D eigenvalue weighted by molar-refractivity contribution is -0.122. The van der Waals surface area contributed by atoms with Crippen LogP contribution in [0.4, 0.5) is 5.69 Å². The molecule has 9 heteroatoms. The highest BCUT2D eigenvalue weighted by atomic mass is 35.5. The van der Waals surface area contributed by atoms with Gasteiger partial charge < -0.3 is 14.2 Å². The van der Waals surface area contributed by atoms with Crippen molar-refractivity contribution in [1.82, 2.24) is 5.32 Å². The zero-order valence-electron chi connectivity index (χ0n) is 15.8. The van der Waals surface area contributed by atoms with Crippen LogP contribution in [0, 0.1) is 0 Å². The second kappa shape index (κ2) is 8.50. The molecule has 1 aliphatic rings. The number of hydrogen-bond acceptors (Lipinski definition) is 6. The van der Waals surface area contributed by atoms with E-state index in [1.165, 1.54) is 32.3 Å². The number of benzene rings is 2. The predicted molar refractivity (Wildman–Crippen MR) is 114 cm³/mol. The van der Waals surface area contributed by atoms with Crippen molar-refractivity contribution in [3.05, 3.63) is 52.6 Å². The van der Waals surface area contributed by atoms with E-state index in [0.29, 0.717) is 33.5 Å². The van der Waals surface area contributed by atoms with E-state index < -0.39 is 11.8 Å². The maximum atomic E-state index is 13.1. The molecule has 29 heavy (non-hydrogen) atoms. The van der Waals surface area contributed by atoms with Crippen LogP contribution >= 0.6 is 23.8 Å². The molecule has 0 atom stereocenters. The third-order valence-corrected chi connectivity index (χ3v) is 4.76. The largest absolute Gasteiger partial charge is 0.493 e. The van der Waals surface area contributed by atoms with Gasteiger partial charge in [-0.15, -0.1) is 0 Å². The molecule has 0 aliphatic carbocycles. The minimum atomic E-state index is -0.609. The van der Waals surface area contributed by atoms with Crippen molar-refractivity contribution in [2.24, 2.45) is 0 Å². The average molecular weight is 433 g/mol. The van der Waals surface area contributed by atoms with E-state index in [9.17, 15) is 9.59 Å². The summed E-state index contributed by atoms with van der Waals surface area (Å²) in [6, 6.07) is 9.85. The SMILES string of the molecule is COc1ccc(/C=C2\C(=O)NC(=S)N(c3ccc(Cl)cc3)C2=O)c(OC)c1OC. The van der Waals surface area contributed by atoms with Gasteiger partial charge in [-0.2, -0.15) is 0 Å². The van der Waals surface area contributed by atoms with Crippen LogP contribution in [0.25, 0.3) is 6.08 Å². The second-order valence-corrected chi connectivity index (χ2v) is 6.68. The van der Waals surface area contributed by atoms with Crippen molar-refractivity contribution in [3.63, 3.8) is 0 Å². The van der Waals surface area contributed by atoms with E-state index in [2.05, 4.69) is 5.32 Å². The predicted octanol–water partition coefficient (Wildman–Crippen LogP) is 3.20. The van der Waals surface area contributed by atoms with Crippen LogP contribution in [0.5, 0.6) is 17.2 Å². The van der Waals surface area contributed by atoms with E-state index in [4.69, 9.17) is 38.0 Å². The third kappa shape index (κ3) is 3.90. The Morgan fingerprint density at radius 1 is 0.966 bits per heavy atom. The van der Waals surface area contributed by atoms with Gasteiger partial charge in [-0.3, -0.25) is 19.8 Å². The Bertz CT molecular complexity index is 1020. The Morgan fingerprint density at radius 3 is 2.21 bits per heavy atom. The molecule has 3 rings (SSSR count). The zero-order valence-corrected chi connectivity index (χ0v) is 17.4. The van der Waals surface area contributed by atoms with Crippen LogP contribution in [0.3, 0.4) is 0 Å². The number of carbonyl (C=O) groups excluding carboxylic acids is 2. The number of anilines is 1. The van der Waals surface area contributed by atoms with E-state index >= 15 is 0 Å². The molecule has 1 saturated heterocycles. The molecule has 1 aliphatic heterocycles. The van der Waals surface area contributed by atoms with Crippen molar-refractivity contribution < 1.29 is 23.8 Å². The Balaban J connectivity index is 2.08. The summed E-state index contributed by atoms with van der Waals surface area (Å²) in [4.78, 5) is 26.8. The van der Waals surface area contributed by atoms with Crippen LogP contribution in [0.1, 0.15) is 5.56 Å². The molecule has 1 fully saturated rings. The van der Waals surface area contributed by atoms with Crippen LogP contribution < -0.4 is 24.4 Å². The third-order valence-electron chi connectivity index (χ3n) is 4.22. The summed E-state index contributed by atoms with van der Waals surface area (Å²) >= 11 is 11.1. The highest BCUT2D eigenvalue weighted by Crippen LogP contribution is 2.40. The monoisotopic (exact) mass is 432 g/mol. The van der Waals surface area contributed by atoms with Gasteiger partial charge >= 0.3 is 0 Å². The first-order chi connectivity index (χ1) is 13.9. The maximum absolute atomic E-state index is 13.1. The normalized spacial score (nSPS) is 15.4. The van der Waals surface area contributed by atoms with Gasteiger partial charge in [0.2, 0.25) is 5.75 Å². The molecule has 0 bridgehead atoms. The average Bonchev–Trinajstić information content (AvgIpc) is 2.71. The van der Waals surface area contributed by atoms with Crippen molar-refractivity contribution >= 4 is 52.5 Å². The number of methoxy groups -OCH3 is 3. The maximum Gasteiger partial charge on any atom is 0.270 e. The van der Waals surface area contributed by atoms with Crippen molar-refractivity contribution in [2.45, 2.75) is 0 Å². The van der Waals surface area contributed by atoms with Gasteiger partial charge in [0, 0.05) is 10.6 Å². The Kier molecular flexibility index (Phi) is 6.05. The number of thiocarbonyl (C=S) groups is 1. The van der Waals surface area contributed by atoms with Gasteiger partial charge in [-0.25, -0.2) is 0 Å². The number of halogens is 1. The van der Waals surface area contributed by atoms with Gasteiger partial charge in [0.05, 0.1) is 27.0 Å². The molecule has 0 spiro atoms. The van der Waals surface area contributed by atoms with Gasteiger partial charge in [0.1, 0.15) is 5.57 Å². The fourth-order valence-electron chi connectivity index (χ4n) is 2.88. The summed E-state index contributed by atoms with van der Waals surface area (Å²) in [6.07, 6.45) is 1.42. The van der Waals surface area contributed by atoms with Crippen molar-refractivity contribution in [3.8, 4) is 17.2 Å². The molecule has 0 unspecified atom stereocenters. The zero-order chi connectivity index (χ0) is 21.1. The minimum Gasteiger partial charge on any atom is -0.493 e. The number of carbonyl (C=O) groups is 2. The highest BCUT2D eigenvalue weighted by molar-refractivity contribution is 7.80. The molecule has 1 N–H and O–H groups in total. The molecule has 0 radical (unpaired) electrons. The second-order valence-electron chi connectivity index (χ2n) is 5.86. The lowest BCUT2D eigenvalue weighted by Crippen LogP contribution is -2.54.